The number of hydrogen-bond acceptors (Lipinski definition) is 4. The number of rotatable bonds is 7. The molecule has 1 aromatic carbocycles. The van der Waals surface area contributed by atoms with Crippen molar-refractivity contribution in [2.75, 3.05) is 6.54 Å². The van der Waals surface area contributed by atoms with E-state index >= 15 is 0 Å². The Labute approximate surface area is 180 Å². The van der Waals surface area contributed by atoms with Crippen LogP contribution in [0.1, 0.15) is 31.0 Å². The summed E-state index contributed by atoms with van der Waals surface area (Å²) in [5, 5.41) is 6.02. The predicted molar refractivity (Wildman–Crippen MR) is 117 cm³/mol. The van der Waals surface area contributed by atoms with E-state index in [4.69, 9.17) is 11.6 Å². The van der Waals surface area contributed by atoms with Crippen molar-refractivity contribution < 1.29 is 17.8 Å². The molecule has 30 heavy (non-hydrogen) atoms. The van der Waals surface area contributed by atoms with Crippen molar-refractivity contribution in [2.24, 2.45) is 7.05 Å². The van der Waals surface area contributed by atoms with Gasteiger partial charge in [-0.2, -0.15) is 13.5 Å². The number of amides is 1. The van der Waals surface area contributed by atoms with Gasteiger partial charge in [-0.3, -0.25) is 14.0 Å². The quantitative estimate of drug-likeness (QED) is 0.436. The highest BCUT2D eigenvalue weighted by atomic mass is 35.5. The fraction of sp³-hybridized carbons (Fsp3) is 0.300. The largest absolute Gasteiger partial charge is 0.362 e. The van der Waals surface area contributed by atoms with Crippen molar-refractivity contribution in [3.05, 3.63) is 52.8 Å². The van der Waals surface area contributed by atoms with Gasteiger partial charge in [0, 0.05) is 41.8 Å². The Morgan fingerprint density at radius 1 is 1.33 bits per heavy atom. The number of nitrogens with zero attached hydrogens (tertiary/aromatic N) is 4. The first-order valence-corrected chi connectivity index (χ1v) is 11.2. The molecule has 0 saturated carbocycles. The highest BCUT2D eigenvalue weighted by Crippen LogP contribution is 2.27. The molecule has 0 fully saturated rings. The zero-order valence-corrected chi connectivity index (χ0v) is 18.5. The number of benzene rings is 1. The Morgan fingerprint density at radius 2 is 2.07 bits per heavy atom. The van der Waals surface area contributed by atoms with Gasteiger partial charge in [0.25, 0.3) is 5.91 Å². The van der Waals surface area contributed by atoms with Crippen LogP contribution in [0.3, 0.4) is 0 Å². The minimum Gasteiger partial charge on any atom is -0.301 e. The third-order valence-corrected chi connectivity index (χ3v) is 5.90. The monoisotopic (exact) mass is 450 g/mol. The second-order valence-corrected chi connectivity index (χ2v) is 8.68. The molecule has 0 aliphatic heterocycles. The Morgan fingerprint density at radius 3 is 2.73 bits per heavy atom. The molecule has 0 bridgehead atoms. The van der Waals surface area contributed by atoms with Crippen LogP contribution in [0.2, 0.25) is 5.02 Å². The van der Waals surface area contributed by atoms with Crippen LogP contribution in [0.4, 0.5) is 0 Å². The first-order valence-electron chi connectivity index (χ1n) is 9.41. The molecule has 1 N–H and O–H groups in total. The lowest BCUT2D eigenvalue weighted by Crippen LogP contribution is -2.36. The smallest absolute Gasteiger partial charge is 0.301 e. The van der Waals surface area contributed by atoms with Crippen LogP contribution in [0, 0.1) is 6.92 Å². The van der Waals surface area contributed by atoms with Gasteiger partial charge in [0.05, 0.1) is 11.2 Å². The van der Waals surface area contributed by atoms with Gasteiger partial charge in [-0.1, -0.05) is 24.9 Å². The minimum atomic E-state index is -4.64. The van der Waals surface area contributed by atoms with Crippen LogP contribution in [-0.4, -0.2) is 44.1 Å². The molecule has 10 heteroatoms. The molecule has 160 valence electrons. The van der Waals surface area contributed by atoms with E-state index in [-0.39, 0.29) is 6.54 Å². The van der Waals surface area contributed by atoms with Crippen molar-refractivity contribution in [2.45, 2.75) is 26.7 Å². The second kappa shape index (κ2) is 8.63. The fourth-order valence-corrected chi connectivity index (χ4v) is 4.15. The summed E-state index contributed by atoms with van der Waals surface area (Å²) >= 11 is 6.08. The summed E-state index contributed by atoms with van der Waals surface area (Å²) in [5.74, 6) is -0.106. The van der Waals surface area contributed by atoms with Gasteiger partial charge in [-0.25, -0.2) is 4.31 Å². The van der Waals surface area contributed by atoms with Crippen LogP contribution in [-0.2, 0) is 22.1 Å². The summed E-state index contributed by atoms with van der Waals surface area (Å²) in [4.78, 5) is 12.5. The Bertz CT molecular complexity index is 1230. The summed E-state index contributed by atoms with van der Waals surface area (Å²) in [5.41, 5.74) is 2.23. The summed E-state index contributed by atoms with van der Waals surface area (Å²) in [7, 11) is -2.85. The predicted octanol–water partition coefficient (Wildman–Crippen LogP) is 3.77. The maximum Gasteiger partial charge on any atom is 0.362 e. The molecule has 1 amide bonds. The highest BCUT2D eigenvalue weighted by molar-refractivity contribution is 7.84. The molecule has 8 nitrogen and oxygen atoms in total. The SMILES string of the molecule is CCCCN(C(=O)/C=C/c1c(C)nn(C)c1-n1ccc2cc(Cl)ccc21)S(=O)(=O)O. The number of hydrogen-bond donors (Lipinski definition) is 1. The Hall–Kier alpha value is -2.62. The van der Waals surface area contributed by atoms with E-state index < -0.39 is 16.2 Å². The van der Waals surface area contributed by atoms with Gasteiger partial charge in [-0.15, -0.1) is 0 Å². The van der Waals surface area contributed by atoms with E-state index in [1.54, 1.807) is 24.7 Å². The zero-order valence-electron chi connectivity index (χ0n) is 16.9. The first kappa shape index (κ1) is 22.1. The second-order valence-electron chi connectivity index (χ2n) is 6.91. The van der Waals surface area contributed by atoms with Crippen LogP contribution in [0.15, 0.2) is 36.5 Å². The van der Waals surface area contributed by atoms with Gasteiger partial charge in [0.1, 0.15) is 5.82 Å². The molecular formula is C20H23ClN4O4S. The van der Waals surface area contributed by atoms with Crippen molar-refractivity contribution in [3.8, 4) is 5.82 Å². The number of aryl methyl sites for hydroxylation is 2. The van der Waals surface area contributed by atoms with E-state index in [1.807, 2.05) is 35.9 Å². The van der Waals surface area contributed by atoms with Crippen molar-refractivity contribution >= 4 is 44.8 Å². The maximum absolute atomic E-state index is 12.5. The van der Waals surface area contributed by atoms with Crippen molar-refractivity contribution in [1.82, 2.24) is 18.7 Å². The lowest BCUT2D eigenvalue weighted by atomic mass is 10.2. The Balaban J connectivity index is 2.02. The molecule has 3 rings (SSSR count). The van der Waals surface area contributed by atoms with Gasteiger partial charge in [-0.05, 0) is 43.7 Å². The molecule has 0 radical (unpaired) electrons. The third kappa shape index (κ3) is 4.43. The first-order chi connectivity index (χ1) is 14.1. The van der Waals surface area contributed by atoms with E-state index in [0.29, 0.717) is 39.2 Å². The molecule has 0 atom stereocenters. The maximum atomic E-state index is 12.5. The van der Waals surface area contributed by atoms with Gasteiger partial charge in [0.2, 0.25) is 0 Å². The number of carbonyl (C=O) groups is 1. The number of aromatic nitrogens is 3. The number of carbonyl (C=O) groups excluding carboxylic acids is 1. The Kier molecular flexibility index (Phi) is 6.35. The zero-order chi connectivity index (χ0) is 22.1. The fourth-order valence-electron chi connectivity index (χ4n) is 3.32. The van der Waals surface area contributed by atoms with Crippen LogP contribution in [0.25, 0.3) is 22.8 Å². The molecule has 3 aromatic rings. The van der Waals surface area contributed by atoms with Crippen LogP contribution < -0.4 is 0 Å². The van der Waals surface area contributed by atoms with E-state index in [1.165, 1.54) is 6.08 Å². The summed E-state index contributed by atoms with van der Waals surface area (Å²) in [6, 6.07) is 7.46. The standard InChI is InChI=1S/C20H23ClN4O4S/c1-4-5-11-25(30(27,28)29)19(26)9-7-17-14(2)22-23(3)20(17)24-12-10-15-13-16(21)6-8-18(15)24/h6-10,12-13H,4-5,11H2,1-3H3,(H,27,28,29)/b9-7+. The highest BCUT2D eigenvalue weighted by Gasteiger charge is 2.23. The third-order valence-electron chi connectivity index (χ3n) is 4.75. The lowest BCUT2D eigenvalue weighted by Gasteiger charge is -2.16. The van der Waals surface area contributed by atoms with E-state index in [9.17, 15) is 17.8 Å². The van der Waals surface area contributed by atoms with Gasteiger partial charge < -0.3 is 4.57 Å². The summed E-state index contributed by atoms with van der Waals surface area (Å²) in [6.07, 6.45) is 5.67. The molecular weight excluding hydrogens is 428 g/mol. The molecule has 0 aliphatic rings. The van der Waals surface area contributed by atoms with Crippen LogP contribution >= 0.6 is 11.6 Å². The van der Waals surface area contributed by atoms with Crippen molar-refractivity contribution in [3.63, 3.8) is 0 Å². The number of halogens is 1. The molecule has 0 aliphatic carbocycles. The molecule has 2 aromatic heterocycles. The summed E-state index contributed by atoms with van der Waals surface area (Å²) in [6.45, 7) is 3.58. The average Bonchev–Trinajstić information content (AvgIpc) is 3.18. The van der Waals surface area contributed by atoms with Gasteiger partial charge >= 0.3 is 10.3 Å². The lowest BCUT2D eigenvalue weighted by molar-refractivity contribution is -0.121. The molecule has 2 heterocycles. The average molecular weight is 451 g/mol. The minimum absolute atomic E-state index is 0.0830. The number of unbranched alkanes of at least 4 members (excludes halogenated alkanes) is 1. The topological polar surface area (TPSA) is 97.4 Å². The summed E-state index contributed by atoms with van der Waals surface area (Å²) < 4.78 is 36.6. The normalized spacial score (nSPS) is 12.2. The molecule has 0 spiro atoms. The van der Waals surface area contributed by atoms with Crippen molar-refractivity contribution in [1.29, 1.82) is 0 Å². The molecule has 0 saturated heterocycles. The number of fused-ring (bicyclic) bond motifs is 1. The van der Waals surface area contributed by atoms with Crippen LogP contribution in [0.5, 0.6) is 0 Å². The molecule has 0 unspecified atom stereocenters. The van der Waals surface area contributed by atoms with E-state index in [2.05, 4.69) is 5.10 Å². The van der Waals surface area contributed by atoms with E-state index in [0.717, 1.165) is 17.0 Å². The van der Waals surface area contributed by atoms with Gasteiger partial charge in [0.15, 0.2) is 0 Å².